The summed E-state index contributed by atoms with van der Waals surface area (Å²) >= 11 is 0. The maximum absolute atomic E-state index is 13.1. The molecule has 0 aliphatic carbocycles. The van der Waals surface area contributed by atoms with Crippen molar-refractivity contribution in [1.29, 1.82) is 0 Å². The summed E-state index contributed by atoms with van der Waals surface area (Å²) in [7, 11) is -10.0. The third kappa shape index (κ3) is 78.5. The van der Waals surface area contributed by atoms with Crippen molar-refractivity contribution < 1.29 is 80.2 Å². The molecule has 0 aliphatic rings. The number of rotatable bonds is 76. The molecule has 0 aromatic rings. The molecule has 0 rings (SSSR count). The molecule has 19 heteroatoms. The van der Waals surface area contributed by atoms with Crippen molar-refractivity contribution in [3.8, 4) is 0 Å². The lowest BCUT2D eigenvalue weighted by Gasteiger charge is -2.21. The Labute approximate surface area is 654 Å². The van der Waals surface area contributed by atoms with Gasteiger partial charge in [-0.15, -0.1) is 0 Å². The normalized spacial score (nSPS) is 14.7. The van der Waals surface area contributed by atoms with E-state index in [0.29, 0.717) is 25.7 Å². The number of aliphatic hydroxyl groups excluding tert-OH is 1. The SMILES string of the molecule is CC/C=C\C/C=C\C/C=C\C/C=C\CCCCCCCCC(=O)OCC(COP(=O)(O)OCC(O)COP(=O)(O)OCC(COC(=O)CCCCCC/C=C\C/C=C\C/C=C\C/C=C\CC)OC(=O)CCCCCC/C=C\C/C=C\C/C=C\C/C=C\CC)OC(=O)CCCCCCC/C=C\C/C=C\CCCCC. The standard InChI is InChI=1S/C89H146O17P2/c1-5-9-13-17-21-25-29-33-37-40-41-44-47-50-54-58-62-66-70-74-87(92)100-79-84(105-88(93)75-71-67-63-59-55-51-45-36-32-28-24-20-16-12-8-4)81-103-107(95,96)101-77-83(90)78-102-108(97,98)104-82-85(106-89(94)76-72-68-64-60-56-52-48-43-39-35-31-27-23-19-15-11-7-3)80-99-86(91)73-69-65-61-57-53-49-46-42-38-34-30-26-22-18-14-10-6-2/h9-11,13-15,21-28,33-39,41,44-46,48-49,52,83-85,90H,5-8,12,16-20,29-32,40,42-43,47,50-51,53-82H2,1-4H3,(H,95,96)(H,97,98)/b13-9-,14-10-,15-11-,25-21-,26-22-,27-23-,28-24-,37-33-,38-34-,39-35-,44-41-,45-36-,49-46-,52-48-. The number of phosphoric acid groups is 2. The van der Waals surface area contributed by atoms with Crippen LogP contribution >= 0.6 is 15.6 Å². The number of carbonyl (C=O) groups is 4. The van der Waals surface area contributed by atoms with E-state index in [4.69, 9.17) is 37.0 Å². The molecule has 3 N–H and O–H groups in total. The Morgan fingerprint density at radius 1 is 0.269 bits per heavy atom. The molecule has 0 bridgehead atoms. The molecule has 0 saturated heterocycles. The predicted molar refractivity (Wildman–Crippen MR) is 445 cm³/mol. The smallest absolute Gasteiger partial charge is 0.462 e. The first-order valence-corrected chi connectivity index (χ1v) is 44.4. The first kappa shape index (κ1) is 102. The molecule has 614 valence electrons. The van der Waals surface area contributed by atoms with Crippen LogP contribution in [-0.2, 0) is 65.4 Å². The van der Waals surface area contributed by atoms with Gasteiger partial charge in [-0.25, -0.2) is 9.13 Å². The molecule has 0 aromatic carbocycles. The molecule has 0 radical (unpaired) electrons. The average Bonchev–Trinajstić information content (AvgIpc) is 0.901. The topological polar surface area (TPSA) is 237 Å². The van der Waals surface area contributed by atoms with Gasteiger partial charge in [0.15, 0.2) is 12.2 Å². The maximum atomic E-state index is 13.1. The Morgan fingerprint density at radius 3 is 0.741 bits per heavy atom. The van der Waals surface area contributed by atoms with Crippen LogP contribution in [0.2, 0.25) is 0 Å². The van der Waals surface area contributed by atoms with E-state index in [1.165, 1.54) is 19.3 Å². The van der Waals surface area contributed by atoms with Crippen molar-refractivity contribution >= 4 is 39.5 Å². The van der Waals surface area contributed by atoms with Gasteiger partial charge in [0.1, 0.15) is 19.3 Å². The molecule has 0 heterocycles. The number of carbonyl (C=O) groups excluding carboxylic acids is 4. The number of ether oxygens (including phenoxy) is 4. The van der Waals surface area contributed by atoms with E-state index in [1.54, 1.807) is 0 Å². The first-order chi connectivity index (χ1) is 52.7. The first-order valence-electron chi connectivity index (χ1n) is 41.4. The molecule has 0 saturated carbocycles. The van der Waals surface area contributed by atoms with Gasteiger partial charge in [-0.05, 0) is 173 Å². The molecule has 5 unspecified atom stereocenters. The summed E-state index contributed by atoms with van der Waals surface area (Å²) in [5.41, 5.74) is 0. The summed E-state index contributed by atoms with van der Waals surface area (Å²) in [4.78, 5) is 73.2. The monoisotopic (exact) mass is 1550 g/mol. The summed E-state index contributed by atoms with van der Waals surface area (Å²) in [6.07, 6.45) is 94.6. The molecular formula is C89H146O17P2. The summed E-state index contributed by atoms with van der Waals surface area (Å²) in [6, 6.07) is 0. The summed E-state index contributed by atoms with van der Waals surface area (Å²) in [5, 5.41) is 10.7. The Hall–Kier alpha value is -5.58. The number of hydrogen-bond donors (Lipinski definition) is 3. The number of phosphoric ester groups is 2. The second-order valence-corrected chi connectivity index (χ2v) is 29.8. The van der Waals surface area contributed by atoms with Gasteiger partial charge in [-0.3, -0.25) is 37.3 Å². The van der Waals surface area contributed by atoms with Crippen LogP contribution in [-0.4, -0.2) is 96.7 Å². The quantitative estimate of drug-likeness (QED) is 0.0169. The highest BCUT2D eigenvalue weighted by Crippen LogP contribution is 2.45. The largest absolute Gasteiger partial charge is 0.472 e. The third-order valence-corrected chi connectivity index (χ3v) is 18.6. The van der Waals surface area contributed by atoms with E-state index in [9.17, 15) is 43.2 Å². The van der Waals surface area contributed by atoms with Crippen molar-refractivity contribution in [3.05, 3.63) is 170 Å². The zero-order valence-electron chi connectivity index (χ0n) is 67.2. The van der Waals surface area contributed by atoms with E-state index >= 15 is 0 Å². The number of allylic oxidation sites excluding steroid dienone is 28. The van der Waals surface area contributed by atoms with Crippen LogP contribution in [0, 0.1) is 0 Å². The van der Waals surface area contributed by atoms with Crippen molar-refractivity contribution in [2.45, 2.75) is 329 Å². The molecule has 0 spiro atoms. The summed E-state index contributed by atoms with van der Waals surface area (Å²) in [5.74, 6) is -2.27. The van der Waals surface area contributed by atoms with Gasteiger partial charge in [0.25, 0.3) is 0 Å². The van der Waals surface area contributed by atoms with Crippen LogP contribution < -0.4 is 0 Å². The molecule has 0 aromatic heterocycles. The molecule has 5 atom stereocenters. The average molecular weight is 1550 g/mol. The number of hydrogen-bond acceptors (Lipinski definition) is 15. The molecule has 0 amide bonds. The second-order valence-electron chi connectivity index (χ2n) is 26.9. The molecular weight excluding hydrogens is 1400 g/mol. The van der Waals surface area contributed by atoms with Gasteiger partial charge in [-0.1, -0.05) is 281 Å². The van der Waals surface area contributed by atoms with E-state index < -0.39 is 97.5 Å². The molecule has 17 nitrogen and oxygen atoms in total. The minimum absolute atomic E-state index is 0.0549. The van der Waals surface area contributed by atoms with Gasteiger partial charge >= 0.3 is 39.5 Å². The Morgan fingerprint density at radius 2 is 0.481 bits per heavy atom. The maximum Gasteiger partial charge on any atom is 0.472 e. The van der Waals surface area contributed by atoms with Crippen LogP contribution in [0.1, 0.15) is 310 Å². The fraction of sp³-hybridized carbons (Fsp3) is 0.640. The predicted octanol–water partition coefficient (Wildman–Crippen LogP) is 24.6. The lowest BCUT2D eigenvalue weighted by atomic mass is 10.1. The minimum Gasteiger partial charge on any atom is -0.462 e. The van der Waals surface area contributed by atoms with E-state index in [1.807, 2.05) is 0 Å². The van der Waals surface area contributed by atoms with Gasteiger partial charge in [0, 0.05) is 25.7 Å². The Bertz CT molecular complexity index is 2710. The zero-order valence-corrected chi connectivity index (χ0v) is 69.0. The second kappa shape index (κ2) is 79.5. The zero-order chi connectivity index (χ0) is 78.9. The van der Waals surface area contributed by atoms with Gasteiger partial charge in [0.2, 0.25) is 0 Å². The van der Waals surface area contributed by atoms with Crippen molar-refractivity contribution in [2.75, 3.05) is 39.6 Å². The van der Waals surface area contributed by atoms with Crippen LogP contribution in [0.5, 0.6) is 0 Å². The highest BCUT2D eigenvalue weighted by molar-refractivity contribution is 7.47. The summed E-state index contributed by atoms with van der Waals surface area (Å²) < 4.78 is 68.7. The van der Waals surface area contributed by atoms with Crippen LogP contribution in [0.15, 0.2) is 170 Å². The fourth-order valence-electron chi connectivity index (χ4n) is 10.5. The van der Waals surface area contributed by atoms with E-state index in [0.717, 1.165) is 212 Å². The molecule has 108 heavy (non-hydrogen) atoms. The molecule has 0 aliphatic heterocycles. The van der Waals surface area contributed by atoms with Crippen LogP contribution in [0.25, 0.3) is 0 Å². The number of aliphatic hydroxyl groups is 1. The van der Waals surface area contributed by atoms with Crippen molar-refractivity contribution in [2.24, 2.45) is 0 Å². The van der Waals surface area contributed by atoms with Crippen LogP contribution in [0.3, 0.4) is 0 Å². The van der Waals surface area contributed by atoms with Gasteiger partial charge < -0.3 is 33.8 Å². The lowest BCUT2D eigenvalue weighted by molar-refractivity contribution is -0.161. The summed E-state index contributed by atoms with van der Waals surface area (Å²) in [6.45, 7) is 4.43. The number of esters is 4. The third-order valence-electron chi connectivity index (χ3n) is 16.7. The van der Waals surface area contributed by atoms with Gasteiger partial charge in [0.05, 0.1) is 26.4 Å². The molecule has 0 fully saturated rings. The lowest BCUT2D eigenvalue weighted by Crippen LogP contribution is -2.30. The Kier molecular flexibility index (Phi) is 75.4. The van der Waals surface area contributed by atoms with Crippen molar-refractivity contribution in [1.82, 2.24) is 0 Å². The van der Waals surface area contributed by atoms with Crippen molar-refractivity contribution in [3.63, 3.8) is 0 Å². The number of unbranched alkanes of at least 4 members (excludes halogenated alkanes) is 22. The van der Waals surface area contributed by atoms with Gasteiger partial charge in [-0.2, -0.15) is 0 Å². The van der Waals surface area contributed by atoms with Crippen LogP contribution in [0.4, 0.5) is 0 Å². The van der Waals surface area contributed by atoms with E-state index in [2.05, 4.69) is 198 Å². The minimum atomic E-state index is -5.00. The Balaban J connectivity index is 5.45. The highest BCUT2D eigenvalue weighted by atomic mass is 31.2. The fourth-order valence-corrected chi connectivity index (χ4v) is 12.0. The van der Waals surface area contributed by atoms with E-state index in [-0.39, 0.29) is 25.7 Å². The highest BCUT2D eigenvalue weighted by Gasteiger charge is 2.30.